The maximum absolute atomic E-state index is 12.2. The minimum atomic E-state index is -0.0238. The first-order chi connectivity index (χ1) is 9.66. The first-order valence-electron chi connectivity index (χ1n) is 7.03. The first-order valence-corrected chi connectivity index (χ1v) is 7.41. The number of hydrogen-bond donors (Lipinski definition) is 1. The lowest BCUT2D eigenvalue weighted by Gasteiger charge is -2.27. The summed E-state index contributed by atoms with van der Waals surface area (Å²) in [6.45, 7) is 2.00. The van der Waals surface area contributed by atoms with Crippen LogP contribution in [-0.4, -0.2) is 43.6 Å². The monoisotopic (exact) mass is 296 g/mol. The molecule has 20 heavy (non-hydrogen) atoms. The van der Waals surface area contributed by atoms with Gasteiger partial charge in [-0.25, -0.2) is 0 Å². The molecule has 1 aliphatic rings. The van der Waals surface area contributed by atoms with E-state index in [1.807, 2.05) is 19.2 Å². The molecule has 0 radical (unpaired) electrons. The zero-order valence-electron chi connectivity index (χ0n) is 11.8. The van der Waals surface area contributed by atoms with Gasteiger partial charge in [0.15, 0.2) is 0 Å². The molecule has 4 nitrogen and oxygen atoms in total. The van der Waals surface area contributed by atoms with Gasteiger partial charge in [-0.15, -0.1) is 0 Å². The molecule has 0 unspecified atom stereocenters. The lowest BCUT2D eigenvalue weighted by atomic mass is 10.0. The average molecular weight is 297 g/mol. The Morgan fingerprint density at radius 2 is 2.15 bits per heavy atom. The summed E-state index contributed by atoms with van der Waals surface area (Å²) in [5.41, 5.74) is 0. The Kier molecular flexibility index (Phi) is 5.68. The number of likely N-dealkylation sites (N-methyl/N-ethyl adjacent to an activating group) is 1. The number of carbonyl (C=O) groups excluding carboxylic acids is 1. The van der Waals surface area contributed by atoms with Gasteiger partial charge in [-0.05, 0) is 43.7 Å². The van der Waals surface area contributed by atoms with Crippen LogP contribution in [0.15, 0.2) is 24.3 Å². The third-order valence-corrected chi connectivity index (χ3v) is 3.75. The summed E-state index contributed by atoms with van der Waals surface area (Å²) >= 11 is 5.81. The summed E-state index contributed by atoms with van der Waals surface area (Å²) in [5.74, 6) is 0.926. The topological polar surface area (TPSA) is 41.6 Å². The Bertz CT molecular complexity index is 430. The number of halogens is 1. The summed E-state index contributed by atoms with van der Waals surface area (Å²) in [5, 5.41) is 3.96. The number of piperidine rings is 1. The molecule has 110 valence electrons. The SMILES string of the molecule is CN(CCOc1ccc(Cl)cc1)C(=O)[C@@H]1CCCCN1. The van der Waals surface area contributed by atoms with Gasteiger partial charge in [0.2, 0.25) is 5.91 Å². The van der Waals surface area contributed by atoms with Crippen molar-refractivity contribution in [2.75, 3.05) is 26.7 Å². The minimum absolute atomic E-state index is 0.0238. The number of rotatable bonds is 5. The summed E-state index contributed by atoms with van der Waals surface area (Å²) < 4.78 is 5.60. The number of ether oxygens (including phenoxy) is 1. The van der Waals surface area contributed by atoms with Crippen molar-refractivity contribution in [3.05, 3.63) is 29.3 Å². The lowest BCUT2D eigenvalue weighted by Crippen LogP contribution is -2.48. The molecule has 5 heteroatoms. The highest BCUT2D eigenvalue weighted by Gasteiger charge is 2.23. The molecule has 1 aliphatic heterocycles. The number of nitrogens with zero attached hydrogens (tertiary/aromatic N) is 1. The van der Waals surface area contributed by atoms with Crippen molar-refractivity contribution in [1.29, 1.82) is 0 Å². The molecule has 1 aromatic carbocycles. The van der Waals surface area contributed by atoms with E-state index >= 15 is 0 Å². The molecule has 1 fully saturated rings. The van der Waals surface area contributed by atoms with Crippen LogP contribution in [0, 0.1) is 0 Å². The van der Waals surface area contributed by atoms with Crippen LogP contribution in [0.4, 0.5) is 0 Å². The van der Waals surface area contributed by atoms with Gasteiger partial charge in [-0.1, -0.05) is 18.0 Å². The van der Waals surface area contributed by atoms with E-state index in [1.165, 1.54) is 0 Å². The number of hydrogen-bond acceptors (Lipinski definition) is 3. The zero-order chi connectivity index (χ0) is 14.4. The van der Waals surface area contributed by atoms with Gasteiger partial charge in [-0.2, -0.15) is 0 Å². The van der Waals surface area contributed by atoms with Gasteiger partial charge in [0.1, 0.15) is 12.4 Å². The maximum Gasteiger partial charge on any atom is 0.239 e. The van der Waals surface area contributed by atoms with E-state index in [0.29, 0.717) is 18.2 Å². The highest BCUT2D eigenvalue weighted by Crippen LogP contribution is 2.15. The molecule has 1 atom stereocenters. The third-order valence-electron chi connectivity index (χ3n) is 3.49. The first kappa shape index (κ1) is 15.1. The van der Waals surface area contributed by atoms with Gasteiger partial charge in [0.05, 0.1) is 12.6 Å². The van der Waals surface area contributed by atoms with Crippen LogP contribution in [0.25, 0.3) is 0 Å². The van der Waals surface area contributed by atoms with E-state index in [9.17, 15) is 4.79 Å². The van der Waals surface area contributed by atoms with Gasteiger partial charge < -0.3 is 15.0 Å². The van der Waals surface area contributed by atoms with Crippen LogP contribution in [0.2, 0.25) is 5.02 Å². The fraction of sp³-hybridized carbons (Fsp3) is 0.533. The molecule has 1 amide bonds. The molecule has 0 saturated carbocycles. The second kappa shape index (κ2) is 7.50. The Morgan fingerprint density at radius 1 is 1.40 bits per heavy atom. The molecule has 1 heterocycles. The maximum atomic E-state index is 12.2. The summed E-state index contributed by atoms with van der Waals surface area (Å²) in [6, 6.07) is 7.21. The van der Waals surface area contributed by atoms with E-state index < -0.39 is 0 Å². The highest BCUT2D eigenvalue weighted by atomic mass is 35.5. The molecule has 1 aromatic rings. The molecule has 0 spiro atoms. The van der Waals surface area contributed by atoms with Crippen molar-refractivity contribution in [3.8, 4) is 5.75 Å². The predicted molar refractivity (Wildman–Crippen MR) is 80.2 cm³/mol. The Hall–Kier alpha value is -1.26. The van der Waals surface area contributed by atoms with Crippen molar-refractivity contribution in [2.24, 2.45) is 0 Å². The predicted octanol–water partition coefficient (Wildman–Crippen LogP) is 2.32. The molecule has 1 saturated heterocycles. The van der Waals surface area contributed by atoms with E-state index in [4.69, 9.17) is 16.3 Å². The molecule has 0 aliphatic carbocycles. The second-order valence-electron chi connectivity index (χ2n) is 5.06. The minimum Gasteiger partial charge on any atom is -0.492 e. The Balaban J connectivity index is 1.72. The van der Waals surface area contributed by atoms with Gasteiger partial charge in [-0.3, -0.25) is 4.79 Å². The van der Waals surface area contributed by atoms with Crippen LogP contribution in [-0.2, 0) is 4.79 Å². The molecule has 0 aromatic heterocycles. The van der Waals surface area contributed by atoms with Crippen LogP contribution in [0.1, 0.15) is 19.3 Å². The van der Waals surface area contributed by atoms with Gasteiger partial charge in [0, 0.05) is 12.1 Å². The van der Waals surface area contributed by atoms with Crippen molar-refractivity contribution in [3.63, 3.8) is 0 Å². The summed E-state index contributed by atoms with van der Waals surface area (Å²) in [7, 11) is 1.82. The average Bonchev–Trinajstić information content (AvgIpc) is 2.49. The normalized spacial score (nSPS) is 18.6. The third kappa shape index (κ3) is 4.39. The highest BCUT2D eigenvalue weighted by molar-refractivity contribution is 6.30. The largest absolute Gasteiger partial charge is 0.492 e. The molecule has 2 rings (SSSR count). The summed E-state index contributed by atoms with van der Waals surface area (Å²) in [6.07, 6.45) is 3.22. The van der Waals surface area contributed by atoms with Crippen LogP contribution < -0.4 is 10.1 Å². The van der Waals surface area contributed by atoms with Crippen molar-refractivity contribution >= 4 is 17.5 Å². The van der Waals surface area contributed by atoms with Gasteiger partial charge >= 0.3 is 0 Å². The van der Waals surface area contributed by atoms with Crippen LogP contribution in [0.5, 0.6) is 5.75 Å². The lowest BCUT2D eigenvalue weighted by molar-refractivity contribution is -0.133. The smallest absolute Gasteiger partial charge is 0.239 e. The molecule has 1 N–H and O–H groups in total. The molecular formula is C15H21ClN2O2. The standard InChI is InChI=1S/C15H21ClN2O2/c1-18(15(19)14-4-2-3-9-17-14)10-11-20-13-7-5-12(16)6-8-13/h5-8,14,17H,2-4,9-11H2,1H3/t14-/m0/s1. The van der Waals surface area contributed by atoms with Crippen LogP contribution in [0.3, 0.4) is 0 Å². The zero-order valence-corrected chi connectivity index (χ0v) is 12.5. The van der Waals surface area contributed by atoms with E-state index in [0.717, 1.165) is 31.6 Å². The number of benzene rings is 1. The molecular weight excluding hydrogens is 276 g/mol. The van der Waals surface area contributed by atoms with Gasteiger partial charge in [0.25, 0.3) is 0 Å². The molecule has 0 bridgehead atoms. The summed E-state index contributed by atoms with van der Waals surface area (Å²) in [4.78, 5) is 13.9. The quantitative estimate of drug-likeness (QED) is 0.907. The van der Waals surface area contributed by atoms with Crippen molar-refractivity contribution in [1.82, 2.24) is 10.2 Å². The van der Waals surface area contributed by atoms with Crippen molar-refractivity contribution in [2.45, 2.75) is 25.3 Å². The second-order valence-corrected chi connectivity index (χ2v) is 5.50. The number of nitrogens with one attached hydrogen (secondary N) is 1. The van der Waals surface area contributed by atoms with E-state index in [2.05, 4.69) is 5.32 Å². The number of amides is 1. The number of carbonyl (C=O) groups is 1. The fourth-order valence-corrected chi connectivity index (χ4v) is 2.40. The fourth-order valence-electron chi connectivity index (χ4n) is 2.27. The Labute approximate surface area is 125 Å². The van der Waals surface area contributed by atoms with Crippen molar-refractivity contribution < 1.29 is 9.53 Å². The van der Waals surface area contributed by atoms with E-state index in [-0.39, 0.29) is 11.9 Å². The van der Waals surface area contributed by atoms with E-state index in [1.54, 1.807) is 17.0 Å². The van der Waals surface area contributed by atoms with Crippen LogP contribution >= 0.6 is 11.6 Å². The Morgan fingerprint density at radius 3 is 2.80 bits per heavy atom.